The summed E-state index contributed by atoms with van der Waals surface area (Å²) < 4.78 is 1.72. The number of hydrogen-bond donors (Lipinski definition) is 1. The van der Waals surface area contributed by atoms with Crippen molar-refractivity contribution in [2.24, 2.45) is 0 Å². The molecule has 0 atom stereocenters. The monoisotopic (exact) mass is 471 g/mol. The molecule has 7 nitrogen and oxygen atoms in total. The minimum atomic E-state index is -0.0426. The summed E-state index contributed by atoms with van der Waals surface area (Å²) in [4.78, 5) is 31.9. The van der Waals surface area contributed by atoms with Gasteiger partial charge in [-0.3, -0.25) is 14.6 Å². The van der Waals surface area contributed by atoms with Crippen LogP contribution in [0.3, 0.4) is 0 Å². The predicted molar refractivity (Wildman–Crippen MR) is 131 cm³/mol. The molecule has 5 rings (SSSR count). The summed E-state index contributed by atoms with van der Waals surface area (Å²) in [6.07, 6.45) is 6.35. The number of para-hydroxylation sites is 1. The number of fused-ring (bicyclic) bond motifs is 1. The molecule has 8 heteroatoms. The summed E-state index contributed by atoms with van der Waals surface area (Å²) in [7, 11) is 0. The minimum absolute atomic E-state index is 0.00144. The summed E-state index contributed by atoms with van der Waals surface area (Å²) in [5.74, 6) is -0.0440. The molecule has 0 fully saturated rings. The topological polar surface area (TPSA) is 80.1 Å². The maximum Gasteiger partial charge on any atom is 0.257 e. The molecular formula is C26H25N5O2S. The summed E-state index contributed by atoms with van der Waals surface area (Å²) in [6.45, 7) is 3.52. The lowest BCUT2D eigenvalue weighted by atomic mass is 9.94. The number of amides is 2. The first-order valence-electron chi connectivity index (χ1n) is 11.2. The highest BCUT2D eigenvalue weighted by Gasteiger charge is 2.25. The van der Waals surface area contributed by atoms with Crippen molar-refractivity contribution in [1.29, 1.82) is 0 Å². The van der Waals surface area contributed by atoms with Gasteiger partial charge in [0.05, 0.1) is 23.9 Å². The summed E-state index contributed by atoms with van der Waals surface area (Å²) >= 11 is 1.59. The van der Waals surface area contributed by atoms with Gasteiger partial charge in [-0.2, -0.15) is 16.4 Å². The lowest BCUT2D eigenvalue weighted by molar-refractivity contribution is -0.120. The van der Waals surface area contributed by atoms with Gasteiger partial charge in [0.2, 0.25) is 5.91 Å². The Bertz CT molecular complexity index is 1310. The largest absolute Gasteiger partial charge is 0.352 e. The van der Waals surface area contributed by atoms with E-state index in [1.54, 1.807) is 28.4 Å². The lowest BCUT2D eigenvalue weighted by Crippen LogP contribution is -2.37. The van der Waals surface area contributed by atoms with E-state index >= 15 is 0 Å². The van der Waals surface area contributed by atoms with Gasteiger partial charge in [0.15, 0.2) is 0 Å². The van der Waals surface area contributed by atoms with E-state index in [0.717, 1.165) is 34.5 Å². The Balaban J connectivity index is 1.27. The zero-order valence-corrected chi connectivity index (χ0v) is 19.7. The highest BCUT2D eigenvalue weighted by atomic mass is 32.1. The Morgan fingerprint density at radius 1 is 1.15 bits per heavy atom. The highest BCUT2D eigenvalue weighted by molar-refractivity contribution is 7.08. The summed E-state index contributed by atoms with van der Waals surface area (Å²) in [6, 6.07) is 11.7. The van der Waals surface area contributed by atoms with Crippen molar-refractivity contribution >= 4 is 23.2 Å². The van der Waals surface area contributed by atoms with Crippen molar-refractivity contribution in [2.45, 2.75) is 32.9 Å². The van der Waals surface area contributed by atoms with Crippen molar-refractivity contribution in [2.75, 3.05) is 6.54 Å². The van der Waals surface area contributed by atoms with Gasteiger partial charge in [-0.25, -0.2) is 4.68 Å². The van der Waals surface area contributed by atoms with Crippen LogP contribution >= 0.6 is 11.3 Å². The minimum Gasteiger partial charge on any atom is -0.352 e. The Morgan fingerprint density at radius 3 is 2.79 bits per heavy atom. The second kappa shape index (κ2) is 9.61. The molecule has 4 aromatic rings. The molecule has 4 heterocycles. The van der Waals surface area contributed by atoms with Gasteiger partial charge in [-0.1, -0.05) is 18.2 Å². The number of thiophene rings is 1. The van der Waals surface area contributed by atoms with Crippen molar-refractivity contribution < 1.29 is 9.59 Å². The van der Waals surface area contributed by atoms with Gasteiger partial charge in [0, 0.05) is 37.7 Å². The number of aromatic nitrogens is 3. The van der Waals surface area contributed by atoms with Crippen LogP contribution in [-0.4, -0.2) is 38.0 Å². The number of rotatable bonds is 6. The van der Waals surface area contributed by atoms with Gasteiger partial charge in [-0.15, -0.1) is 0 Å². The summed E-state index contributed by atoms with van der Waals surface area (Å²) in [5.41, 5.74) is 6.69. The van der Waals surface area contributed by atoms with E-state index in [4.69, 9.17) is 0 Å². The highest BCUT2D eigenvalue weighted by Crippen LogP contribution is 2.25. The SMILES string of the molecule is Cc1ncc2c(c1CNC(=O)Cc1ccsc1)CCN(C(=O)c1cnn(-c3ccccc3)c1)C2. The van der Waals surface area contributed by atoms with E-state index in [1.807, 2.05) is 65.2 Å². The van der Waals surface area contributed by atoms with E-state index in [2.05, 4.69) is 15.4 Å². The molecule has 34 heavy (non-hydrogen) atoms. The maximum atomic E-state index is 13.2. The van der Waals surface area contributed by atoms with Crippen LogP contribution in [0.5, 0.6) is 0 Å². The third-order valence-corrected chi connectivity index (χ3v) is 6.87. The molecule has 1 aliphatic heterocycles. The average molecular weight is 472 g/mol. The quantitative estimate of drug-likeness (QED) is 0.465. The van der Waals surface area contributed by atoms with Gasteiger partial charge in [0.1, 0.15) is 0 Å². The molecule has 0 saturated heterocycles. The first-order valence-corrected chi connectivity index (χ1v) is 12.2. The van der Waals surface area contributed by atoms with Crippen LogP contribution in [0, 0.1) is 6.92 Å². The number of nitrogens with one attached hydrogen (secondary N) is 1. The first-order chi connectivity index (χ1) is 16.6. The van der Waals surface area contributed by atoms with E-state index in [1.165, 1.54) is 5.56 Å². The normalized spacial score (nSPS) is 12.9. The fourth-order valence-electron chi connectivity index (χ4n) is 4.30. The molecular weight excluding hydrogens is 446 g/mol. The van der Waals surface area contributed by atoms with Gasteiger partial charge >= 0.3 is 0 Å². The molecule has 1 aliphatic rings. The molecule has 0 radical (unpaired) electrons. The van der Waals surface area contributed by atoms with E-state index in [9.17, 15) is 9.59 Å². The zero-order chi connectivity index (χ0) is 23.5. The number of hydrogen-bond acceptors (Lipinski definition) is 5. The van der Waals surface area contributed by atoms with Gasteiger partial charge < -0.3 is 10.2 Å². The van der Waals surface area contributed by atoms with Crippen LogP contribution < -0.4 is 5.32 Å². The van der Waals surface area contributed by atoms with Crippen LogP contribution in [0.4, 0.5) is 0 Å². The molecule has 0 unspecified atom stereocenters. The third-order valence-electron chi connectivity index (χ3n) is 6.14. The molecule has 1 aromatic carbocycles. The first kappa shape index (κ1) is 22.0. The Labute approximate surface area is 202 Å². The van der Waals surface area contributed by atoms with Gasteiger partial charge in [0.25, 0.3) is 5.91 Å². The number of aryl methyl sites for hydroxylation is 1. The van der Waals surface area contributed by atoms with Crippen LogP contribution in [0.1, 0.15) is 38.3 Å². The molecule has 0 aliphatic carbocycles. The Hall–Kier alpha value is -3.78. The molecule has 0 saturated carbocycles. The van der Waals surface area contributed by atoms with Crippen LogP contribution in [0.25, 0.3) is 5.69 Å². The number of nitrogens with zero attached hydrogens (tertiary/aromatic N) is 4. The van der Waals surface area contributed by atoms with Crippen molar-refractivity contribution in [1.82, 2.24) is 25.0 Å². The molecule has 0 spiro atoms. The van der Waals surface area contributed by atoms with Crippen molar-refractivity contribution in [3.63, 3.8) is 0 Å². The van der Waals surface area contributed by atoms with Crippen LogP contribution in [-0.2, 0) is 30.7 Å². The number of carbonyl (C=O) groups excluding carboxylic acids is 2. The van der Waals surface area contributed by atoms with Crippen LogP contribution in [0.2, 0.25) is 0 Å². The Morgan fingerprint density at radius 2 is 2.00 bits per heavy atom. The molecule has 172 valence electrons. The summed E-state index contributed by atoms with van der Waals surface area (Å²) in [5, 5.41) is 11.4. The fourth-order valence-corrected chi connectivity index (χ4v) is 4.96. The van der Waals surface area contributed by atoms with Crippen LogP contribution in [0.15, 0.2) is 65.7 Å². The van der Waals surface area contributed by atoms with E-state index in [0.29, 0.717) is 31.6 Å². The fraction of sp³-hybridized carbons (Fsp3) is 0.231. The van der Waals surface area contributed by atoms with Gasteiger partial charge in [-0.05, 0) is 64.6 Å². The van der Waals surface area contributed by atoms with Crippen molar-refractivity contribution in [3.8, 4) is 5.69 Å². The molecule has 1 N–H and O–H groups in total. The smallest absolute Gasteiger partial charge is 0.257 e. The third kappa shape index (κ3) is 4.63. The Kier molecular flexibility index (Phi) is 6.22. The number of carbonyl (C=O) groups is 2. The molecule has 0 bridgehead atoms. The maximum absolute atomic E-state index is 13.2. The van der Waals surface area contributed by atoms with Crippen molar-refractivity contribution in [3.05, 3.63) is 99.3 Å². The molecule has 3 aromatic heterocycles. The average Bonchev–Trinajstić information content (AvgIpc) is 3.56. The number of pyridine rings is 1. The predicted octanol–water partition coefficient (Wildman–Crippen LogP) is 3.69. The zero-order valence-electron chi connectivity index (χ0n) is 18.9. The second-order valence-corrected chi connectivity index (χ2v) is 9.18. The second-order valence-electron chi connectivity index (χ2n) is 8.40. The standard InChI is InChI=1S/C26H25N5O2S/c1-18-24(14-28-25(32)11-19-8-10-34-17-19)23-7-9-30(15-20(23)12-27-18)26(33)21-13-29-31(16-21)22-5-3-2-4-6-22/h2-6,8,10,12-13,16-17H,7,9,11,14-15H2,1H3,(H,28,32). The lowest BCUT2D eigenvalue weighted by Gasteiger charge is -2.30. The van der Waals surface area contributed by atoms with E-state index < -0.39 is 0 Å². The molecule has 2 amide bonds. The van der Waals surface area contributed by atoms with E-state index in [-0.39, 0.29) is 11.8 Å². The number of benzene rings is 1.